The predicted octanol–water partition coefficient (Wildman–Crippen LogP) is 4.66. The molecule has 2 N–H and O–H groups in total. The van der Waals surface area contributed by atoms with E-state index in [4.69, 9.17) is 11.6 Å². The van der Waals surface area contributed by atoms with Gasteiger partial charge in [-0.2, -0.15) is 0 Å². The van der Waals surface area contributed by atoms with Gasteiger partial charge >= 0.3 is 0 Å². The van der Waals surface area contributed by atoms with E-state index in [-0.39, 0.29) is 11.7 Å². The molecule has 0 aliphatic carbocycles. The second-order valence-electron chi connectivity index (χ2n) is 6.41. The number of para-hydroxylation sites is 1. The summed E-state index contributed by atoms with van der Waals surface area (Å²) in [5.74, 6) is 0.859. The van der Waals surface area contributed by atoms with Crippen LogP contribution in [0, 0.1) is 6.92 Å². The lowest BCUT2D eigenvalue weighted by Gasteiger charge is -2.07. The summed E-state index contributed by atoms with van der Waals surface area (Å²) in [6, 6.07) is 13.5. The number of H-pyrrole nitrogens is 1. The van der Waals surface area contributed by atoms with Gasteiger partial charge in [0.15, 0.2) is 11.0 Å². The van der Waals surface area contributed by atoms with Crippen molar-refractivity contribution in [3.05, 3.63) is 59.2 Å². The molecule has 142 valence electrons. The molecule has 0 saturated carbocycles. The second kappa shape index (κ2) is 7.69. The maximum absolute atomic E-state index is 12.3. The van der Waals surface area contributed by atoms with Gasteiger partial charge in [-0.1, -0.05) is 47.6 Å². The number of aromatic nitrogens is 4. The Kier molecular flexibility index (Phi) is 5.11. The van der Waals surface area contributed by atoms with E-state index in [2.05, 4.69) is 20.5 Å². The van der Waals surface area contributed by atoms with Crippen molar-refractivity contribution in [1.29, 1.82) is 0 Å². The first kappa shape index (κ1) is 18.6. The van der Waals surface area contributed by atoms with Gasteiger partial charge < -0.3 is 14.9 Å². The van der Waals surface area contributed by atoms with E-state index in [9.17, 15) is 4.79 Å². The summed E-state index contributed by atoms with van der Waals surface area (Å²) in [5.41, 5.74) is 3.68. The van der Waals surface area contributed by atoms with E-state index in [1.807, 2.05) is 61.1 Å². The molecule has 8 heteroatoms. The van der Waals surface area contributed by atoms with E-state index in [0.29, 0.717) is 15.9 Å². The number of carbonyl (C=O) groups is 1. The third kappa shape index (κ3) is 3.63. The van der Waals surface area contributed by atoms with Crippen LogP contribution in [0.15, 0.2) is 53.8 Å². The molecule has 2 aromatic heterocycles. The summed E-state index contributed by atoms with van der Waals surface area (Å²) in [5, 5.41) is 13.8. The fourth-order valence-electron chi connectivity index (χ4n) is 2.93. The van der Waals surface area contributed by atoms with Crippen molar-refractivity contribution in [2.45, 2.75) is 12.1 Å². The van der Waals surface area contributed by atoms with E-state index in [1.54, 1.807) is 6.07 Å². The first-order valence-corrected chi connectivity index (χ1v) is 10.0. The first-order chi connectivity index (χ1) is 13.5. The van der Waals surface area contributed by atoms with Crippen molar-refractivity contribution < 1.29 is 4.79 Å². The number of fused-ring (bicyclic) bond motifs is 1. The van der Waals surface area contributed by atoms with Gasteiger partial charge in [-0.05, 0) is 30.7 Å². The van der Waals surface area contributed by atoms with Crippen LogP contribution in [0.3, 0.4) is 0 Å². The van der Waals surface area contributed by atoms with Gasteiger partial charge in [-0.25, -0.2) is 0 Å². The van der Waals surface area contributed by atoms with Crippen LogP contribution in [-0.4, -0.2) is 31.4 Å². The Labute approximate surface area is 171 Å². The van der Waals surface area contributed by atoms with E-state index in [1.165, 1.54) is 11.8 Å². The molecule has 0 saturated heterocycles. The SMILES string of the molecule is Cc1ccc(NC(=O)CSc2nnc(-c3c[nH]c4ccccc34)n2C)cc1Cl. The molecule has 0 fully saturated rings. The molecular weight excluding hydrogens is 394 g/mol. The molecule has 4 rings (SSSR count). The number of hydrogen-bond acceptors (Lipinski definition) is 4. The number of nitrogens with zero attached hydrogens (tertiary/aromatic N) is 3. The summed E-state index contributed by atoms with van der Waals surface area (Å²) in [4.78, 5) is 15.5. The van der Waals surface area contributed by atoms with Crippen LogP contribution < -0.4 is 5.32 Å². The molecule has 6 nitrogen and oxygen atoms in total. The number of hydrogen-bond donors (Lipinski definition) is 2. The van der Waals surface area contributed by atoms with Gasteiger partial charge in [-0.3, -0.25) is 4.79 Å². The highest BCUT2D eigenvalue weighted by molar-refractivity contribution is 7.99. The topological polar surface area (TPSA) is 75.6 Å². The minimum absolute atomic E-state index is 0.124. The van der Waals surface area contributed by atoms with Crippen LogP contribution in [0.4, 0.5) is 5.69 Å². The van der Waals surface area contributed by atoms with Gasteiger partial charge in [-0.15, -0.1) is 10.2 Å². The van der Waals surface area contributed by atoms with Crippen LogP contribution >= 0.6 is 23.4 Å². The average Bonchev–Trinajstić information content (AvgIpc) is 3.26. The summed E-state index contributed by atoms with van der Waals surface area (Å²) in [7, 11) is 1.90. The maximum Gasteiger partial charge on any atom is 0.234 e. The Bertz CT molecular complexity index is 1170. The number of benzene rings is 2. The minimum atomic E-state index is -0.124. The molecule has 0 unspecified atom stereocenters. The maximum atomic E-state index is 12.3. The molecule has 0 spiro atoms. The van der Waals surface area contributed by atoms with Crippen molar-refractivity contribution in [1.82, 2.24) is 19.7 Å². The van der Waals surface area contributed by atoms with Crippen LogP contribution in [0.2, 0.25) is 5.02 Å². The third-order valence-electron chi connectivity index (χ3n) is 4.45. The summed E-state index contributed by atoms with van der Waals surface area (Å²) in [6.07, 6.45) is 1.93. The molecule has 2 heterocycles. The highest BCUT2D eigenvalue weighted by Gasteiger charge is 2.16. The zero-order valence-electron chi connectivity index (χ0n) is 15.4. The third-order valence-corrected chi connectivity index (χ3v) is 5.88. The molecule has 2 aromatic carbocycles. The summed E-state index contributed by atoms with van der Waals surface area (Å²) >= 11 is 7.44. The quantitative estimate of drug-likeness (QED) is 0.468. The Morgan fingerprint density at radius 2 is 2.07 bits per heavy atom. The smallest absolute Gasteiger partial charge is 0.234 e. The van der Waals surface area contributed by atoms with Crippen LogP contribution in [0.5, 0.6) is 0 Å². The molecular formula is C20H18ClN5OS. The highest BCUT2D eigenvalue weighted by atomic mass is 35.5. The lowest BCUT2D eigenvalue weighted by molar-refractivity contribution is -0.113. The molecule has 0 atom stereocenters. The number of carbonyl (C=O) groups excluding carboxylic acids is 1. The van der Waals surface area contributed by atoms with E-state index in [0.717, 1.165) is 27.9 Å². The van der Waals surface area contributed by atoms with Gasteiger partial charge in [0.1, 0.15) is 0 Å². The molecule has 1 amide bonds. The standard InChI is InChI=1S/C20H18ClN5OS/c1-12-7-8-13(9-16(12)21)23-18(27)11-28-20-25-24-19(26(20)2)15-10-22-17-6-4-3-5-14(15)17/h3-10,22H,11H2,1-2H3,(H,23,27). The molecule has 0 bridgehead atoms. The van der Waals surface area contributed by atoms with Crippen LogP contribution in [-0.2, 0) is 11.8 Å². The largest absolute Gasteiger partial charge is 0.360 e. The number of halogens is 1. The number of aromatic amines is 1. The van der Waals surface area contributed by atoms with Crippen molar-refractivity contribution in [3.8, 4) is 11.4 Å². The second-order valence-corrected chi connectivity index (χ2v) is 7.76. The predicted molar refractivity (Wildman–Crippen MR) is 114 cm³/mol. The molecule has 0 aliphatic rings. The zero-order chi connectivity index (χ0) is 19.7. The van der Waals surface area contributed by atoms with Gasteiger partial charge in [0, 0.05) is 40.4 Å². The number of thioether (sulfide) groups is 1. The molecule has 4 aromatic rings. The van der Waals surface area contributed by atoms with Crippen LogP contribution in [0.25, 0.3) is 22.3 Å². The molecule has 0 radical (unpaired) electrons. The van der Waals surface area contributed by atoms with E-state index >= 15 is 0 Å². The monoisotopic (exact) mass is 411 g/mol. The Morgan fingerprint density at radius 3 is 2.89 bits per heavy atom. The normalized spacial score (nSPS) is 11.1. The van der Waals surface area contributed by atoms with Gasteiger partial charge in [0.05, 0.1) is 5.75 Å². The fraction of sp³-hybridized carbons (Fsp3) is 0.150. The Morgan fingerprint density at radius 1 is 1.25 bits per heavy atom. The lowest BCUT2D eigenvalue weighted by Crippen LogP contribution is -2.14. The zero-order valence-corrected chi connectivity index (χ0v) is 16.9. The molecule has 0 aliphatic heterocycles. The lowest BCUT2D eigenvalue weighted by atomic mass is 10.1. The van der Waals surface area contributed by atoms with Crippen molar-refractivity contribution in [2.24, 2.45) is 7.05 Å². The first-order valence-electron chi connectivity index (χ1n) is 8.67. The van der Waals surface area contributed by atoms with Crippen molar-refractivity contribution in [2.75, 3.05) is 11.1 Å². The number of rotatable bonds is 5. The van der Waals surface area contributed by atoms with Crippen LogP contribution in [0.1, 0.15) is 5.56 Å². The van der Waals surface area contributed by atoms with Gasteiger partial charge in [0.2, 0.25) is 5.91 Å². The number of aryl methyl sites for hydroxylation is 1. The van der Waals surface area contributed by atoms with Crippen molar-refractivity contribution in [3.63, 3.8) is 0 Å². The summed E-state index contributed by atoms with van der Waals surface area (Å²) < 4.78 is 1.90. The summed E-state index contributed by atoms with van der Waals surface area (Å²) in [6.45, 7) is 1.92. The fourth-order valence-corrected chi connectivity index (χ4v) is 3.82. The van der Waals surface area contributed by atoms with Crippen molar-refractivity contribution >= 4 is 45.9 Å². The Hall–Kier alpha value is -2.77. The Balaban J connectivity index is 1.46. The molecule has 28 heavy (non-hydrogen) atoms. The van der Waals surface area contributed by atoms with Gasteiger partial charge in [0.25, 0.3) is 0 Å². The highest BCUT2D eigenvalue weighted by Crippen LogP contribution is 2.29. The number of anilines is 1. The average molecular weight is 412 g/mol. The number of nitrogens with one attached hydrogen (secondary N) is 2. The van der Waals surface area contributed by atoms with E-state index < -0.39 is 0 Å². The number of amides is 1. The minimum Gasteiger partial charge on any atom is -0.360 e.